The van der Waals surface area contributed by atoms with E-state index >= 15 is 0 Å². The summed E-state index contributed by atoms with van der Waals surface area (Å²) in [5.41, 5.74) is -1.62. The summed E-state index contributed by atoms with van der Waals surface area (Å²) in [6, 6.07) is 3.66. The first-order chi connectivity index (χ1) is 9.44. The van der Waals surface area contributed by atoms with Crippen molar-refractivity contribution in [3.05, 3.63) is 29.3 Å². The Hall–Kier alpha value is -1.22. The number of anilines is 1. The molecule has 0 bridgehead atoms. The number of carbonyl (C=O) groups is 1. The van der Waals surface area contributed by atoms with Gasteiger partial charge in [0.15, 0.2) is 5.12 Å². The molecular weight excluding hydrogens is 327 g/mol. The van der Waals surface area contributed by atoms with Gasteiger partial charge in [-0.2, -0.15) is 13.2 Å². The third-order valence-electron chi connectivity index (χ3n) is 2.68. The molecule has 0 aliphatic heterocycles. The minimum Gasteiger partial charge on any atom is -0.288 e. The largest absolute Gasteiger partial charge is 0.418 e. The molecule has 9 heteroatoms. The monoisotopic (exact) mass is 341 g/mol. The van der Waals surface area contributed by atoms with E-state index in [0.717, 1.165) is 31.1 Å². The number of thioether (sulfide) groups is 1. The summed E-state index contributed by atoms with van der Waals surface area (Å²) in [5, 5.41) is -0.315. The highest BCUT2D eigenvalue weighted by atomic mass is 32.2. The zero-order chi connectivity index (χ0) is 16.4. The zero-order valence-electron chi connectivity index (χ0n) is 11.6. The minimum atomic E-state index is -4.72. The second kappa shape index (κ2) is 6.27. The van der Waals surface area contributed by atoms with Crippen LogP contribution in [0, 0.1) is 0 Å². The fourth-order valence-electron chi connectivity index (χ4n) is 1.65. The van der Waals surface area contributed by atoms with E-state index in [0.29, 0.717) is 4.31 Å². The smallest absolute Gasteiger partial charge is 0.288 e. The molecule has 1 aromatic carbocycles. The molecule has 0 saturated carbocycles. The van der Waals surface area contributed by atoms with Gasteiger partial charge in [-0.25, -0.2) is 8.42 Å². The molecule has 118 valence electrons. The second-order valence-electron chi connectivity index (χ2n) is 4.32. The molecule has 0 aliphatic carbocycles. The van der Waals surface area contributed by atoms with Gasteiger partial charge in [-0.15, -0.1) is 0 Å². The quantitative estimate of drug-likeness (QED) is 0.845. The molecule has 0 spiro atoms. The van der Waals surface area contributed by atoms with Gasteiger partial charge in [0, 0.05) is 19.7 Å². The van der Waals surface area contributed by atoms with E-state index in [1.165, 1.54) is 19.1 Å². The number of hydrogen-bond donors (Lipinski definition) is 0. The molecule has 0 unspecified atom stereocenters. The lowest BCUT2D eigenvalue weighted by atomic mass is 10.1. The lowest BCUT2D eigenvalue weighted by Gasteiger charge is -2.23. The molecule has 0 amide bonds. The van der Waals surface area contributed by atoms with E-state index in [4.69, 9.17) is 0 Å². The normalized spacial score (nSPS) is 12.3. The first-order valence-electron chi connectivity index (χ1n) is 5.71. The predicted molar refractivity (Wildman–Crippen MR) is 76.7 cm³/mol. The zero-order valence-corrected chi connectivity index (χ0v) is 13.2. The molecule has 0 saturated heterocycles. The van der Waals surface area contributed by atoms with Crippen LogP contribution in [0.25, 0.3) is 0 Å². The Labute approximate surface area is 125 Å². The van der Waals surface area contributed by atoms with Gasteiger partial charge in [0.05, 0.1) is 17.5 Å². The first kappa shape index (κ1) is 17.8. The van der Waals surface area contributed by atoms with Crippen molar-refractivity contribution in [3.63, 3.8) is 0 Å². The Balaban J connectivity index is 3.45. The maximum atomic E-state index is 13.3. The number of sulfonamides is 1. The van der Waals surface area contributed by atoms with Crippen molar-refractivity contribution in [2.75, 3.05) is 17.6 Å². The van der Waals surface area contributed by atoms with Crippen molar-refractivity contribution in [1.82, 2.24) is 0 Å². The fourth-order valence-corrected chi connectivity index (χ4v) is 2.76. The first-order valence-corrected chi connectivity index (χ1v) is 8.54. The summed E-state index contributed by atoms with van der Waals surface area (Å²) in [6.45, 7) is 1.25. The van der Waals surface area contributed by atoms with Gasteiger partial charge in [0.25, 0.3) is 0 Å². The van der Waals surface area contributed by atoms with Gasteiger partial charge in [-0.05, 0) is 11.6 Å². The standard InChI is InChI=1S/C12H14F3NO3S2/c1-8(17)20-7-9-5-4-6-10(11(9)12(13,14)15)16(2)21(3,18)19/h4-6H,7H2,1-3H3. The summed E-state index contributed by atoms with van der Waals surface area (Å²) in [7, 11) is -2.77. The molecule has 1 aromatic rings. The number of carbonyl (C=O) groups excluding carboxylic acids is 1. The highest BCUT2D eigenvalue weighted by molar-refractivity contribution is 8.12. The van der Waals surface area contributed by atoms with Crippen molar-refractivity contribution in [2.24, 2.45) is 0 Å². The highest BCUT2D eigenvalue weighted by Crippen LogP contribution is 2.40. The van der Waals surface area contributed by atoms with Crippen LogP contribution in [-0.2, 0) is 26.7 Å². The Kier molecular flexibility index (Phi) is 5.32. The SMILES string of the molecule is CC(=O)SCc1cccc(N(C)S(C)(=O)=O)c1C(F)(F)F. The van der Waals surface area contributed by atoms with E-state index in [1.54, 1.807) is 0 Å². The van der Waals surface area contributed by atoms with E-state index in [-0.39, 0.29) is 16.4 Å². The number of benzene rings is 1. The van der Waals surface area contributed by atoms with E-state index < -0.39 is 27.5 Å². The Morgan fingerprint density at radius 3 is 2.33 bits per heavy atom. The van der Waals surface area contributed by atoms with E-state index in [9.17, 15) is 26.4 Å². The van der Waals surface area contributed by atoms with E-state index in [2.05, 4.69) is 0 Å². The van der Waals surface area contributed by atoms with Crippen LogP contribution in [0.3, 0.4) is 0 Å². The average molecular weight is 341 g/mol. The van der Waals surface area contributed by atoms with Crippen LogP contribution < -0.4 is 4.31 Å². The van der Waals surface area contributed by atoms with Crippen LogP contribution in [0.2, 0.25) is 0 Å². The van der Waals surface area contributed by atoms with Crippen LogP contribution >= 0.6 is 11.8 Å². The van der Waals surface area contributed by atoms with Gasteiger partial charge < -0.3 is 0 Å². The summed E-state index contributed by atoms with van der Waals surface area (Å²) in [4.78, 5) is 10.9. The fraction of sp³-hybridized carbons (Fsp3) is 0.417. The molecule has 0 atom stereocenters. The molecule has 0 heterocycles. The number of halogens is 3. The van der Waals surface area contributed by atoms with Crippen LogP contribution in [-0.4, -0.2) is 26.8 Å². The molecular formula is C12H14F3NO3S2. The number of hydrogen-bond acceptors (Lipinski definition) is 4. The molecule has 0 aliphatic rings. The van der Waals surface area contributed by atoms with E-state index in [1.807, 2.05) is 0 Å². The summed E-state index contributed by atoms with van der Waals surface area (Å²) >= 11 is 0.736. The maximum absolute atomic E-state index is 13.3. The van der Waals surface area contributed by atoms with Crippen LogP contribution in [0.1, 0.15) is 18.1 Å². The van der Waals surface area contributed by atoms with Gasteiger partial charge in [-0.1, -0.05) is 23.9 Å². The number of nitrogens with zero attached hydrogens (tertiary/aromatic N) is 1. The molecule has 0 N–H and O–H groups in total. The number of alkyl halides is 3. The Morgan fingerprint density at radius 1 is 1.33 bits per heavy atom. The molecule has 0 fully saturated rings. The van der Waals surface area contributed by atoms with Gasteiger partial charge in [0.1, 0.15) is 0 Å². The van der Waals surface area contributed by atoms with Gasteiger partial charge >= 0.3 is 6.18 Å². The third kappa shape index (κ3) is 4.63. The minimum absolute atomic E-state index is 0.129. The second-order valence-corrected chi connectivity index (χ2v) is 7.49. The Bertz CT molecular complexity index is 642. The predicted octanol–water partition coefficient (Wildman–Crippen LogP) is 2.88. The topological polar surface area (TPSA) is 54.5 Å². The van der Waals surface area contributed by atoms with Gasteiger partial charge in [-0.3, -0.25) is 9.10 Å². The van der Waals surface area contributed by atoms with Crippen molar-refractivity contribution in [2.45, 2.75) is 18.9 Å². The van der Waals surface area contributed by atoms with Crippen LogP contribution in [0.4, 0.5) is 18.9 Å². The maximum Gasteiger partial charge on any atom is 0.418 e. The molecule has 21 heavy (non-hydrogen) atoms. The lowest BCUT2D eigenvalue weighted by molar-refractivity contribution is -0.137. The molecule has 0 aromatic heterocycles. The summed E-state index contributed by atoms with van der Waals surface area (Å²) < 4.78 is 63.4. The van der Waals surface area contributed by atoms with Crippen LogP contribution in [0.15, 0.2) is 18.2 Å². The highest BCUT2D eigenvalue weighted by Gasteiger charge is 2.38. The molecule has 0 radical (unpaired) electrons. The van der Waals surface area contributed by atoms with Gasteiger partial charge in [0.2, 0.25) is 10.0 Å². The number of rotatable bonds is 4. The van der Waals surface area contributed by atoms with Crippen molar-refractivity contribution >= 4 is 32.6 Å². The lowest BCUT2D eigenvalue weighted by Crippen LogP contribution is -2.28. The van der Waals surface area contributed by atoms with Crippen molar-refractivity contribution in [3.8, 4) is 0 Å². The van der Waals surface area contributed by atoms with Crippen LogP contribution in [0.5, 0.6) is 0 Å². The summed E-state index contributed by atoms with van der Waals surface area (Å²) in [5.74, 6) is -0.171. The molecule has 1 rings (SSSR count). The third-order valence-corrected chi connectivity index (χ3v) is 4.73. The van der Waals surface area contributed by atoms with Crippen molar-refractivity contribution < 1.29 is 26.4 Å². The molecule has 4 nitrogen and oxygen atoms in total. The average Bonchev–Trinajstić information content (AvgIpc) is 2.32. The summed E-state index contributed by atoms with van der Waals surface area (Å²) in [6.07, 6.45) is -3.90. The Morgan fingerprint density at radius 2 is 1.90 bits per heavy atom. The van der Waals surface area contributed by atoms with Crippen molar-refractivity contribution in [1.29, 1.82) is 0 Å².